The lowest BCUT2D eigenvalue weighted by Gasteiger charge is -2.18. The monoisotopic (exact) mass is 421 g/mol. The molecule has 2 heterocycles. The quantitative estimate of drug-likeness (QED) is 0.608. The molecule has 162 valence electrons. The van der Waals surface area contributed by atoms with Crippen LogP contribution in [0.4, 0.5) is 11.4 Å². The number of fused-ring (bicyclic) bond motifs is 1. The van der Waals surface area contributed by atoms with Gasteiger partial charge in [0, 0.05) is 36.1 Å². The second kappa shape index (κ2) is 8.77. The summed E-state index contributed by atoms with van der Waals surface area (Å²) in [5, 5.41) is 3.82. The maximum Gasteiger partial charge on any atom is 0.260 e. The zero-order valence-corrected chi connectivity index (χ0v) is 17.9. The predicted octanol–water partition coefficient (Wildman–Crippen LogP) is 2.56. The highest BCUT2D eigenvalue weighted by molar-refractivity contribution is 5.95. The third-order valence-corrected chi connectivity index (χ3v) is 5.70. The van der Waals surface area contributed by atoms with Gasteiger partial charge in [0.1, 0.15) is 12.4 Å². The zero-order chi connectivity index (χ0) is 22.0. The number of rotatable bonds is 7. The van der Waals surface area contributed by atoms with Crippen molar-refractivity contribution in [1.82, 2.24) is 14.5 Å². The highest BCUT2D eigenvalue weighted by Gasteiger charge is 2.15. The number of anilines is 2. The van der Waals surface area contributed by atoms with E-state index in [1.807, 2.05) is 13.0 Å². The molecule has 1 fully saturated rings. The normalized spacial score (nSPS) is 14.1. The second-order valence-corrected chi connectivity index (χ2v) is 7.93. The van der Waals surface area contributed by atoms with Gasteiger partial charge in [-0.1, -0.05) is 0 Å². The molecule has 3 aromatic rings. The number of hydrogen-bond donors (Lipinski definition) is 2. The standard InChI is InChI=1S/C23H27N5O3/c1-15-20(26-17-5-6-19-18(13-17)23(30)27(2)14-25-19)11-16(22(24)29)12-21(15)31-10-9-28-7-3-4-8-28/h5-6,11-14,26H,3-4,7-10H2,1-2H3,(H2,24,29). The summed E-state index contributed by atoms with van der Waals surface area (Å²) in [5.74, 6) is 0.0976. The molecule has 0 bridgehead atoms. The molecule has 0 radical (unpaired) electrons. The van der Waals surface area contributed by atoms with E-state index in [2.05, 4.69) is 15.2 Å². The number of carbonyl (C=O) groups is 1. The Morgan fingerprint density at radius 3 is 2.74 bits per heavy atom. The molecule has 3 N–H and O–H groups in total. The lowest BCUT2D eigenvalue weighted by atomic mass is 10.1. The van der Waals surface area contributed by atoms with E-state index < -0.39 is 5.91 Å². The minimum absolute atomic E-state index is 0.123. The number of nitrogens with two attached hydrogens (primary N) is 1. The Balaban J connectivity index is 1.61. The van der Waals surface area contributed by atoms with E-state index in [0.717, 1.165) is 25.2 Å². The Bertz CT molecular complexity index is 1180. The zero-order valence-electron chi connectivity index (χ0n) is 17.9. The Morgan fingerprint density at radius 1 is 1.23 bits per heavy atom. The number of primary amides is 1. The van der Waals surface area contributed by atoms with Crippen molar-refractivity contribution in [3.8, 4) is 5.75 Å². The molecule has 0 unspecified atom stereocenters. The minimum Gasteiger partial charge on any atom is -0.492 e. The average Bonchev–Trinajstić information content (AvgIpc) is 3.27. The maximum absolute atomic E-state index is 12.4. The van der Waals surface area contributed by atoms with Gasteiger partial charge >= 0.3 is 0 Å². The van der Waals surface area contributed by atoms with Crippen LogP contribution in [0.3, 0.4) is 0 Å². The van der Waals surface area contributed by atoms with Crippen molar-refractivity contribution in [3.63, 3.8) is 0 Å². The van der Waals surface area contributed by atoms with Crippen LogP contribution in [0, 0.1) is 6.92 Å². The molecule has 31 heavy (non-hydrogen) atoms. The van der Waals surface area contributed by atoms with Crippen LogP contribution >= 0.6 is 0 Å². The predicted molar refractivity (Wildman–Crippen MR) is 121 cm³/mol. The molecule has 0 spiro atoms. The Morgan fingerprint density at radius 2 is 2.00 bits per heavy atom. The van der Waals surface area contributed by atoms with Gasteiger partial charge in [-0.25, -0.2) is 4.98 Å². The number of nitrogens with zero attached hydrogens (tertiary/aromatic N) is 3. The van der Waals surface area contributed by atoms with Gasteiger partial charge in [0.05, 0.1) is 17.2 Å². The molecule has 1 aromatic heterocycles. The molecule has 8 nitrogen and oxygen atoms in total. The smallest absolute Gasteiger partial charge is 0.260 e. The first kappa shape index (κ1) is 20.9. The summed E-state index contributed by atoms with van der Waals surface area (Å²) in [6.07, 6.45) is 3.97. The van der Waals surface area contributed by atoms with Gasteiger partial charge in [-0.15, -0.1) is 0 Å². The van der Waals surface area contributed by atoms with Crippen LogP contribution < -0.4 is 21.3 Å². The number of carbonyl (C=O) groups excluding carboxylic acids is 1. The average molecular weight is 422 g/mol. The first-order valence-corrected chi connectivity index (χ1v) is 10.4. The first-order chi connectivity index (χ1) is 14.9. The molecule has 1 aliphatic heterocycles. The van der Waals surface area contributed by atoms with Gasteiger partial charge in [-0.05, 0) is 63.2 Å². The molecule has 2 aromatic carbocycles. The van der Waals surface area contributed by atoms with Crippen LogP contribution in [0.2, 0.25) is 0 Å². The molecule has 8 heteroatoms. The van der Waals surface area contributed by atoms with Crippen molar-refractivity contribution in [2.24, 2.45) is 12.8 Å². The SMILES string of the molecule is Cc1c(Nc2ccc3ncn(C)c(=O)c3c2)cc(C(N)=O)cc1OCCN1CCCC1. The number of amides is 1. The molecule has 1 amide bonds. The van der Waals surface area contributed by atoms with Crippen molar-refractivity contribution in [3.05, 3.63) is 58.1 Å². The van der Waals surface area contributed by atoms with Crippen LogP contribution in [0.1, 0.15) is 28.8 Å². The molecule has 0 aliphatic carbocycles. The van der Waals surface area contributed by atoms with E-state index in [4.69, 9.17) is 10.5 Å². The van der Waals surface area contributed by atoms with Crippen LogP contribution in [0.5, 0.6) is 5.75 Å². The van der Waals surface area contributed by atoms with Crippen molar-refractivity contribution in [1.29, 1.82) is 0 Å². The van der Waals surface area contributed by atoms with Gasteiger partial charge in [-0.3, -0.25) is 14.5 Å². The first-order valence-electron chi connectivity index (χ1n) is 10.4. The Hall–Kier alpha value is -3.39. The fourth-order valence-electron chi connectivity index (χ4n) is 3.84. The number of likely N-dealkylation sites (tertiary alicyclic amines) is 1. The lowest BCUT2D eigenvalue weighted by molar-refractivity contribution is 0.1000. The van der Waals surface area contributed by atoms with E-state index >= 15 is 0 Å². The fourth-order valence-corrected chi connectivity index (χ4v) is 3.84. The van der Waals surface area contributed by atoms with E-state index in [1.165, 1.54) is 23.7 Å². The maximum atomic E-state index is 12.4. The molecule has 1 saturated heterocycles. The highest BCUT2D eigenvalue weighted by Crippen LogP contribution is 2.31. The molecule has 0 atom stereocenters. The highest BCUT2D eigenvalue weighted by atomic mass is 16.5. The van der Waals surface area contributed by atoms with Crippen molar-refractivity contribution in [2.75, 3.05) is 31.6 Å². The van der Waals surface area contributed by atoms with E-state index in [1.54, 1.807) is 31.3 Å². The van der Waals surface area contributed by atoms with Crippen LogP contribution in [-0.2, 0) is 7.05 Å². The molecular formula is C23H27N5O3. The van der Waals surface area contributed by atoms with Gasteiger partial charge in [0.2, 0.25) is 5.91 Å². The fraction of sp³-hybridized carbons (Fsp3) is 0.348. The summed E-state index contributed by atoms with van der Waals surface area (Å²) in [4.78, 5) is 31.0. The summed E-state index contributed by atoms with van der Waals surface area (Å²) >= 11 is 0. The third kappa shape index (κ3) is 4.54. The van der Waals surface area contributed by atoms with Gasteiger partial charge in [0.25, 0.3) is 5.56 Å². The summed E-state index contributed by atoms with van der Waals surface area (Å²) in [7, 11) is 1.67. The number of ether oxygens (including phenoxy) is 1. The lowest BCUT2D eigenvalue weighted by Crippen LogP contribution is -2.25. The van der Waals surface area contributed by atoms with Crippen LogP contribution in [0.15, 0.2) is 41.5 Å². The largest absolute Gasteiger partial charge is 0.492 e. The van der Waals surface area contributed by atoms with Crippen LogP contribution in [-0.4, -0.2) is 46.6 Å². The van der Waals surface area contributed by atoms with Gasteiger partial charge in [-0.2, -0.15) is 0 Å². The number of benzene rings is 2. The Labute approximate surface area is 180 Å². The number of aryl methyl sites for hydroxylation is 1. The summed E-state index contributed by atoms with van der Waals surface area (Å²) in [6, 6.07) is 8.79. The molecule has 0 saturated carbocycles. The van der Waals surface area contributed by atoms with E-state index in [0.29, 0.717) is 40.2 Å². The topological polar surface area (TPSA) is 102 Å². The number of aromatic nitrogens is 2. The summed E-state index contributed by atoms with van der Waals surface area (Å²) in [5.41, 5.74) is 8.70. The third-order valence-electron chi connectivity index (χ3n) is 5.70. The number of nitrogens with one attached hydrogen (secondary N) is 1. The number of hydrogen-bond acceptors (Lipinski definition) is 6. The van der Waals surface area contributed by atoms with E-state index in [-0.39, 0.29) is 5.56 Å². The minimum atomic E-state index is -0.524. The van der Waals surface area contributed by atoms with Crippen molar-refractivity contribution in [2.45, 2.75) is 19.8 Å². The van der Waals surface area contributed by atoms with E-state index in [9.17, 15) is 9.59 Å². The van der Waals surface area contributed by atoms with Gasteiger partial charge in [0.15, 0.2) is 0 Å². The summed E-state index contributed by atoms with van der Waals surface area (Å²) < 4.78 is 7.46. The van der Waals surface area contributed by atoms with Crippen LogP contribution in [0.25, 0.3) is 10.9 Å². The summed E-state index contributed by atoms with van der Waals surface area (Å²) in [6.45, 7) is 5.53. The second-order valence-electron chi connectivity index (χ2n) is 7.93. The Kier molecular flexibility index (Phi) is 5.90. The molecular weight excluding hydrogens is 394 g/mol. The van der Waals surface area contributed by atoms with Gasteiger partial charge < -0.3 is 20.4 Å². The van der Waals surface area contributed by atoms with Crippen molar-refractivity contribution < 1.29 is 9.53 Å². The molecule has 1 aliphatic rings. The van der Waals surface area contributed by atoms with Crippen molar-refractivity contribution >= 4 is 28.2 Å². The molecule has 4 rings (SSSR count).